The van der Waals surface area contributed by atoms with Crippen LogP contribution in [0.1, 0.15) is 12.0 Å². The van der Waals surface area contributed by atoms with Gasteiger partial charge in [-0.1, -0.05) is 0 Å². The Balaban J connectivity index is 1.97. The van der Waals surface area contributed by atoms with E-state index in [1.165, 1.54) is 12.0 Å². The van der Waals surface area contributed by atoms with E-state index < -0.39 is 0 Å². The summed E-state index contributed by atoms with van der Waals surface area (Å²) >= 11 is 0. The molecule has 1 fully saturated rings. The van der Waals surface area contributed by atoms with Gasteiger partial charge in [-0.2, -0.15) is 0 Å². The number of pyridine rings is 1. The van der Waals surface area contributed by atoms with E-state index in [1.54, 1.807) is 7.11 Å². The predicted octanol–water partition coefficient (Wildman–Crippen LogP) is 1.25. The molecule has 1 aromatic heterocycles. The molecule has 0 saturated carbocycles. The van der Waals surface area contributed by atoms with Crippen molar-refractivity contribution >= 4 is 0 Å². The van der Waals surface area contributed by atoms with Crippen molar-refractivity contribution in [2.24, 2.45) is 5.92 Å². The molecule has 1 aliphatic rings. The number of hydrogen-bond donors (Lipinski definition) is 1. The van der Waals surface area contributed by atoms with Gasteiger partial charge < -0.3 is 10.1 Å². The summed E-state index contributed by atoms with van der Waals surface area (Å²) in [5, 5.41) is 3.36. The van der Waals surface area contributed by atoms with Gasteiger partial charge in [0.05, 0.1) is 6.10 Å². The molecule has 1 aliphatic heterocycles. The zero-order valence-corrected chi connectivity index (χ0v) is 9.15. The molecule has 0 radical (unpaired) electrons. The minimum atomic E-state index is 0.354. The molecule has 1 N–H and O–H groups in total. The maximum Gasteiger partial charge on any atom is 0.0727 e. The highest BCUT2D eigenvalue weighted by Crippen LogP contribution is 2.20. The Bertz CT molecular complexity index is 289. The summed E-state index contributed by atoms with van der Waals surface area (Å²) in [6, 6.07) is 4.18. The third kappa shape index (κ3) is 2.76. The Morgan fingerprint density at radius 3 is 3.00 bits per heavy atom. The van der Waals surface area contributed by atoms with Crippen molar-refractivity contribution in [3.05, 3.63) is 30.1 Å². The maximum atomic E-state index is 5.50. The molecule has 2 heterocycles. The first-order valence-electron chi connectivity index (χ1n) is 5.52. The monoisotopic (exact) mass is 206 g/mol. The van der Waals surface area contributed by atoms with Crippen LogP contribution < -0.4 is 5.32 Å². The molecule has 2 atom stereocenters. The lowest BCUT2D eigenvalue weighted by molar-refractivity contribution is 0.0341. The Morgan fingerprint density at radius 1 is 1.47 bits per heavy atom. The van der Waals surface area contributed by atoms with Gasteiger partial charge in [0.15, 0.2) is 0 Å². The number of aromatic nitrogens is 1. The Morgan fingerprint density at radius 2 is 2.27 bits per heavy atom. The highest BCUT2D eigenvalue weighted by atomic mass is 16.5. The van der Waals surface area contributed by atoms with Gasteiger partial charge in [-0.25, -0.2) is 0 Å². The molecule has 3 heteroatoms. The fourth-order valence-electron chi connectivity index (χ4n) is 2.22. The van der Waals surface area contributed by atoms with E-state index in [0.717, 1.165) is 19.5 Å². The summed E-state index contributed by atoms with van der Waals surface area (Å²) in [7, 11) is 1.80. The number of piperidine rings is 1. The van der Waals surface area contributed by atoms with Crippen molar-refractivity contribution in [3.63, 3.8) is 0 Å². The molecule has 0 amide bonds. The molecule has 15 heavy (non-hydrogen) atoms. The van der Waals surface area contributed by atoms with Gasteiger partial charge in [-0.05, 0) is 43.0 Å². The van der Waals surface area contributed by atoms with E-state index in [-0.39, 0.29) is 0 Å². The number of rotatable bonds is 3. The molecule has 0 aliphatic carbocycles. The van der Waals surface area contributed by atoms with E-state index in [4.69, 9.17) is 4.74 Å². The van der Waals surface area contributed by atoms with Crippen LogP contribution in [0.25, 0.3) is 0 Å². The minimum absolute atomic E-state index is 0.354. The van der Waals surface area contributed by atoms with Crippen molar-refractivity contribution < 1.29 is 4.74 Å². The lowest BCUT2D eigenvalue weighted by Gasteiger charge is -2.31. The first-order valence-corrected chi connectivity index (χ1v) is 5.52. The fraction of sp³-hybridized carbons (Fsp3) is 0.583. The molecule has 1 aromatic rings. The maximum absolute atomic E-state index is 5.50. The summed E-state index contributed by atoms with van der Waals surface area (Å²) in [5.74, 6) is 0.638. The van der Waals surface area contributed by atoms with Gasteiger partial charge in [0.25, 0.3) is 0 Å². The van der Waals surface area contributed by atoms with Gasteiger partial charge in [-0.3, -0.25) is 4.98 Å². The highest BCUT2D eigenvalue weighted by Gasteiger charge is 2.24. The van der Waals surface area contributed by atoms with Gasteiger partial charge in [0, 0.05) is 26.0 Å². The first kappa shape index (κ1) is 10.6. The number of nitrogens with one attached hydrogen (secondary N) is 1. The lowest BCUT2D eigenvalue weighted by atomic mass is 9.89. The standard InChI is InChI=1S/C12H18N2O/c1-15-12-9-14-7-4-11(12)8-10-2-5-13-6-3-10/h2-3,5-6,11-12,14H,4,7-9H2,1H3/t11-,12+/m1/s1. The smallest absolute Gasteiger partial charge is 0.0727 e. The Hall–Kier alpha value is -0.930. The van der Waals surface area contributed by atoms with Crippen LogP contribution in [0.5, 0.6) is 0 Å². The second kappa shape index (κ2) is 5.24. The van der Waals surface area contributed by atoms with Crippen molar-refractivity contribution in [2.75, 3.05) is 20.2 Å². The highest BCUT2D eigenvalue weighted by molar-refractivity contribution is 5.11. The lowest BCUT2D eigenvalue weighted by Crippen LogP contribution is -2.42. The van der Waals surface area contributed by atoms with E-state index in [0.29, 0.717) is 12.0 Å². The summed E-state index contributed by atoms with van der Waals surface area (Å²) in [4.78, 5) is 4.03. The summed E-state index contributed by atoms with van der Waals surface area (Å²) < 4.78 is 5.50. The molecule has 0 aromatic carbocycles. The fourth-order valence-corrected chi connectivity index (χ4v) is 2.22. The predicted molar refractivity (Wildman–Crippen MR) is 59.7 cm³/mol. The van der Waals surface area contributed by atoms with Crippen LogP contribution in [0.4, 0.5) is 0 Å². The van der Waals surface area contributed by atoms with Crippen LogP contribution in [0, 0.1) is 5.92 Å². The molecular weight excluding hydrogens is 188 g/mol. The Kier molecular flexibility index (Phi) is 3.69. The average molecular weight is 206 g/mol. The summed E-state index contributed by atoms with van der Waals surface area (Å²) in [6.07, 6.45) is 6.37. The molecular formula is C12H18N2O. The number of nitrogens with zero attached hydrogens (tertiary/aromatic N) is 1. The minimum Gasteiger partial charge on any atom is -0.380 e. The normalized spacial score (nSPS) is 26.5. The zero-order valence-electron chi connectivity index (χ0n) is 9.15. The molecule has 2 rings (SSSR count). The van der Waals surface area contributed by atoms with Crippen LogP contribution in [0.3, 0.4) is 0 Å². The third-order valence-corrected chi connectivity index (χ3v) is 3.11. The molecule has 3 nitrogen and oxygen atoms in total. The number of hydrogen-bond acceptors (Lipinski definition) is 3. The van der Waals surface area contributed by atoms with Crippen LogP contribution in [0.2, 0.25) is 0 Å². The van der Waals surface area contributed by atoms with Gasteiger partial charge in [0.1, 0.15) is 0 Å². The molecule has 1 saturated heterocycles. The number of ether oxygens (including phenoxy) is 1. The van der Waals surface area contributed by atoms with Gasteiger partial charge >= 0.3 is 0 Å². The number of methoxy groups -OCH3 is 1. The van der Waals surface area contributed by atoms with E-state index in [2.05, 4.69) is 22.4 Å². The molecule has 82 valence electrons. The van der Waals surface area contributed by atoms with Crippen LogP contribution in [0.15, 0.2) is 24.5 Å². The van der Waals surface area contributed by atoms with Crippen molar-refractivity contribution in [2.45, 2.75) is 18.9 Å². The van der Waals surface area contributed by atoms with Crippen molar-refractivity contribution in [1.29, 1.82) is 0 Å². The molecule has 0 bridgehead atoms. The SMILES string of the molecule is CO[C@H]1CNCC[C@@H]1Cc1ccncc1. The van der Waals surface area contributed by atoms with Crippen molar-refractivity contribution in [3.8, 4) is 0 Å². The van der Waals surface area contributed by atoms with Crippen LogP contribution >= 0.6 is 0 Å². The topological polar surface area (TPSA) is 34.1 Å². The largest absolute Gasteiger partial charge is 0.380 e. The quantitative estimate of drug-likeness (QED) is 0.808. The Labute approximate surface area is 90.9 Å². The second-order valence-electron chi connectivity index (χ2n) is 4.09. The van der Waals surface area contributed by atoms with E-state index in [9.17, 15) is 0 Å². The average Bonchev–Trinajstić information content (AvgIpc) is 2.31. The van der Waals surface area contributed by atoms with E-state index >= 15 is 0 Å². The van der Waals surface area contributed by atoms with Crippen LogP contribution in [-0.4, -0.2) is 31.3 Å². The van der Waals surface area contributed by atoms with Gasteiger partial charge in [0.2, 0.25) is 0 Å². The van der Waals surface area contributed by atoms with Crippen molar-refractivity contribution in [1.82, 2.24) is 10.3 Å². The summed E-state index contributed by atoms with van der Waals surface area (Å²) in [6.45, 7) is 2.09. The molecule has 0 unspecified atom stereocenters. The third-order valence-electron chi connectivity index (χ3n) is 3.11. The molecule has 0 spiro atoms. The first-order chi connectivity index (χ1) is 7.40. The zero-order chi connectivity index (χ0) is 10.5. The van der Waals surface area contributed by atoms with Crippen LogP contribution in [-0.2, 0) is 11.2 Å². The summed E-state index contributed by atoms with van der Waals surface area (Å²) in [5.41, 5.74) is 1.36. The van der Waals surface area contributed by atoms with E-state index in [1.807, 2.05) is 12.4 Å². The second-order valence-corrected chi connectivity index (χ2v) is 4.09. The van der Waals surface area contributed by atoms with Gasteiger partial charge in [-0.15, -0.1) is 0 Å².